The third kappa shape index (κ3) is 2.12. The van der Waals surface area contributed by atoms with Gasteiger partial charge in [0.05, 0.1) is 5.56 Å². The van der Waals surface area contributed by atoms with Crippen molar-refractivity contribution in [3.63, 3.8) is 0 Å². The van der Waals surface area contributed by atoms with Crippen molar-refractivity contribution < 1.29 is 14.3 Å². The summed E-state index contributed by atoms with van der Waals surface area (Å²) in [5, 5.41) is 13.0. The number of furan rings is 1. The predicted octanol–water partition coefficient (Wildman–Crippen LogP) is 3.70. The SMILES string of the molecule is Cc1cc(NC(=O)c2coc3ccccc23)ccc1O. The molecule has 1 heterocycles. The largest absolute Gasteiger partial charge is 0.508 e. The van der Waals surface area contributed by atoms with Gasteiger partial charge in [0.15, 0.2) is 0 Å². The average Bonchev–Trinajstić information content (AvgIpc) is 2.87. The van der Waals surface area contributed by atoms with E-state index in [0.29, 0.717) is 22.4 Å². The highest BCUT2D eigenvalue weighted by Gasteiger charge is 2.13. The Hall–Kier alpha value is -2.75. The highest BCUT2D eigenvalue weighted by atomic mass is 16.3. The molecule has 1 aromatic heterocycles. The predicted molar refractivity (Wildman–Crippen MR) is 77.0 cm³/mol. The molecule has 0 radical (unpaired) electrons. The van der Waals surface area contributed by atoms with Crippen LogP contribution in [0.2, 0.25) is 0 Å². The molecule has 2 aromatic carbocycles. The second-order valence-electron chi connectivity index (χ2n) is 4.60. The number of benzene rings is 2. The summed E-state index contributed by atoms with van der Waals surface area (Å²) in [6.07, 6.45) is 1.45. The highest BCUT2D eigenvalue weighted by molar-refractivity contribution is 6.12. The Balaban J connectivity index is 1.91. The van der Waals surface area contributed by atoms with Gasteiger partial charge in [-0.3, -0.25) is 4.79 Å². The summed E-state index contributed by atoms with van der Waals surface area (Å²) in [5.74, 6) is -0.0307. The normalized spacial score (nSPS) is 10.7. The Morgan fingerprint density at radius 1 is 1.20 bits per heavy atom. The molecule has 0 saturated carbocycles. The van der Waals surface area contributed by atoms with Crippen molar-refractivity contribution in [2.24, 2.45) is 0 Å². The lowest BCUT2D eigenvalue weighted by molar-refractivity contribution is 0.102. The number of phenolic OH excluding ortho intramolecular Hbond substituents is 1. The lowest BCUT2D eigenvalue weighted by Crippen LogP contribution is -2.11. The zero-order valence-electron chi connectivity index (χ0n) is 10.9. The van der Waals surface area contributed by atoms with Crippen molar-refractivity contribution in [3.05, 3.63) is 59.9 Å². The van der Waals surface area contributed by atoms with E-state index in [0.717, 1.165) is 5.39 Å². The molecular weight excluding hydrogens is 254 g/mol. The first-order valence-corrected chi connectivity index (χ1v) is 6.22. The van der Waals surface area contributed by atoms with E-state index < -0.39 is 0 Å². The molecule has 0 aliphatic carbocycles. The molecular formula is C16H13NO3. The van der Waals surface area contributed by atoms with Crippen molar-refractivity contribution in [3.8, 4) is 5.75 Å². The van der Waals surface area contributed by atoms with Gasteiger partial charge in [-0.05, 0) is 36.8 Å². The van der Waals surface area contributed by atoms with Crippen molar-refractivity contribution in [2.75, 3.05) is 5.32 Å². The lowest BCUT2D eigenvalue weighted by atomic mass is 10.1. The molecule has 0 atom stereocenters. The van der Waals surface area contributed by atoms with Crippen LogP contribution >= 0.6 is 0 Å². The monoisotopic (exact) mass is 267 g/mol. The van der Waals surface area contributed by atoms with Crippen LogP contribution < -0.4 is 5.32 Å². The number of anilines is 1. The zero-order valence-corrected chi connectivity index (χ0v) is 10.9. The molecule has 100 valence electrons. The average molecular weight is 267 g/mol. The number of amides is 1. The number of para-hydroxylation sites is 1. The molecule has 0 fully saturated rings. The molecule has 0 spiro atoms. The van der Waals surface area contributed by atoms with Gasteiger partial charge in [-0.1, -0.05) is 18.2 Å². The quantitative estimate of drug-likeness (QED) is 0.696. The first-order chi connectivity index (χ1) is 9.65. The number of hydrogen-bond acceptors (Lipinski definition) is 3. The molecule has 0 unspecified atom stereocenters. The van der Waals surface area contributed by atoms with Crippen LogP contribution in [0.25, 0.3) is 11.0 Å². The minimum Gasteiger partial charge on any atom is -0.508 e. The molecule has 0 aliphatic heterocycles. The van der Waals surface area contributed by atoms with Crippen molar-refractivity contribution in [1.29, 1.82) is 0 Å². The summed E-state index contributed by atoms with van der Waals surface area (Å²) in [6.45, 7) is 1.78. The molecule has 1 amide bonds. The summed E-state index contributed by atoms with van der Waals surface area (Å²) in [5.41, 5.74) is 2.52. The first-order valence-electron chi connectivity index (χ1n) is 6.22. The van der Waals surface area contributed by atoms with Crippen molar-refractivity contribution in [1.82, 2.24) is 0 Å². The fourth-order valence-corrected chi connectivity index (χ4v) is 2.09. The molecule has 0 saturated heterocycles. The zero-order chi connectivity index (χ0) is 14.1. The molecule has 3 aromatic rings. The van der Waals surface area contributed by atoms with Gasteiger partial charge in [-0.25, -0.2) is 0 Å². The van der Waals surface area contributed by atoms with Gasteiger partial charge in [0.2, 0.25) is 0 Å². The van der Waals surface area contributed by atoms with Gasteiger partial charge >= 0.3 is 0 Å². The summed E-state index contributed by atoms with van der Waals surface area (Å²) in [7, 11) is 0. The fourth-order valence-electron chi connectivity index (χ4n) is 2.09. The van der Waals surface area contributed by atoms with Gasteiger partial charge in [0.25, 0.3) is 5.91 Å². The summed E-state index contributed by atoms with van der Waals surface area (Å²) in [6, 6.07) is 12.3. The summed E-state index contributed by atoms with van der Waals surface area (Å²) < 4.78 is 5.35. The second kappa shape index (κ2) is 4.74. The molecule has 0 aliphatic rings. The third-order valence-corrected chi connectivity index (χ3v) is 3.18. The number of rotatable bonds is 2. The number of phenols is 1. The summed E-state index contributed by atoms with van der Waals surface area (Å²) >= 11 is 0. The Morgan fingerprint density at radius 2 is 2.00 bits per heavy atom. The number of fused-ring (bicyclic) bond motifs is 1. The van der Waals surface area contributed by atoms with E-state index in [-0.39, 0.29) is 11.7 Å². The Kier molecular flexibility index (Phi) is 2.91. The van der Waals surface area contributed by atoms with E-state index in [4.69, 9.17) is 4.42 Å². The van der Waals surface area contributed by atoms with E-state index in [2.05, 4.69) is 5.32 Å². The topological polar surface area (TPSA) is 62.5 Å². The number of carbonyl (C=O) groups excluding carboxylic acids is 1. The smallest absolute Gasteiger partial charge is 0.259 e. The van der Waals surface area contributed by atoms with E-state index in [1.165, 1.54) is 6.26 Å². The van der Waals surface area contributed by atoms with Gasteiger partial charge in [0, 0.05) is 11.1 Å². The second-order valence-corrected chi connectivity index (χ2v) is 4.60. The maximum absolute atomic E-state index is 12.3. The van der Waals surface area contributed by atoms with Crippen LogP contribution in [0.1, 0.15) is 15.9 Å². The van der Waals surface area contributed by atoms with Crippen LogP contribution in [0, 0.1) is 6.92 Å². The van der Waals surface area contributed by atoms with E-state index >= 15 is 0 Å². The number of hydrogen-bond donors (Lipinski definition) is 2. The fraction of sp³-hybridized carbons (Fsp3) is 0.0625. The van der Waals surface area contributed by atoms with Crippen LogP contribution in [0.4, 0.5) is 5.69 Å². The standard InChI is InChI=1S/C16H13NO3/c1-10-8-11(6-7-14(10)18)17-16(19)13-9-20-15-5-3-2-4-12(13)15/h2-9,18H,1H3,(H,17,19). The Morgan fingerprint density at radius 3 is 2.80 bits per heavy atom. The summed E-state index contributed by atoms with van der Waals surface area (Å²) in [4.78, 5) is 12.3. The molecule has 0 bridgehead atoms. The lowest BCUT2D eigenvalue weighted by Gasteiger charge is -2.06. The van der Waals surface area contributed by atoms with Crippen molar-refractivity contribution in [2.45, 2.75) is 6.92 Å². The van der Waals surface area contributed by atoms with Gasteiger partial charge in [-0.15, -0.1) is 0 Å². The van der Waals surface area contributed by atoms with E-state index in [9.17, 15) is 9.90 Å². The molecule has 4 nitrogen and oxygen atoms in total. The minimum atomic E-state index is -0.236. The molecule has 20 heavy (non-hydrogen) atoms. The van der Waals surface area contributed by atoms with Gasteiger partial charge < -0.3 is 14.8 Å². The number of aryl methyl sites for hydroxylation is 1. The van der Waals surface area contributed by atoms with E-state index in [1.807, 2.05) is 24.3 Å². The number of carbonyl (C=O) groups is 1. The molecule has 4 heteroatoms. The van der Waals surface area contributed by atoms with Crippen LogP contribution in [0.5, 0.6) is 5.75 Å². The van der Waals surface area contributed by atoms with Crippen LogP contribution in [0.15, 0.2) is 53.1 Å². The number of aromatic hydroxyl groups is 1. The maximum atomic E-state index is 12.3. The van der Waals surface area contributed by atoms with Crippen LogP contribution in [-0.2, 0) is 0 Å². The van der Waals surface area contributed by atoms with Crippen LogP contribution in [-0.4, -0.2) is 11.0 Å². The van der Waals surface area contributed by atoms with Crippen LogP contribution in [0.3, 0.4) is 0 Å². The molecule has 2 N–H and O–H groups in total. The number of nitrogens with one attached hydrogen (secondary N) is 1. The molecule has 3 rings (SSSR count). The van der Waals surface area contributed by atoms with Gasteiger partial charge in [-0.2, -0.15) is 0 Å². The first kappa shape index (κ1) is 12.3. The Bertz CT molecular complexity index is 789. The highest BCUT2D eigenvalue weighted by Crippen LogP contribution is 2.24. The van der Waals surface area contributed by atoms with Crippen molar-refractivity contribution >= 4 is 22.6 Å². The third-order valence-electron chi connectivity index (χ3n) is 3.18. The minimum absolute atomic E-state index is 0.205. The van der Waals surface area contributed by atoms with Gasteiger partial charge in [0.1, 0.15) is 17.6 Å². The van der Waals surface area contributed by atoms with E-state index in [1.54, 1.807) is 25.1 Å². The maximum Gasteiger partial charge on any atom is 0.259 e. The Labute approximate surface area is 115 Å².